The molecule has 0 aliphatic heterocycles. The maximum absolute atomic E-state index is 9.73. The molecule has 3 N–H and O–H groups in total. The highest BCUT2D eigenvalue weighted by atomic mass is 35.5. The van der Waals surface area contributed by atoms with Crippen molar-refractivity contribution in [2.24, 2.45) is 0 Å². The summed E-state index contributed by atoms with van der Waals surface area (Å²) in [6.07, 6.45) is 1.96. The maximum Gasteiger partial charge on any atom is 0.120 e. The minimum absolute atomic E-state index is 0.0200. The highest BCUT2D eigenvalue weighted by molar-refractivity contribution is 6.30. The summed E-state index contributed by atoms with van der Waals surface area (Å²) in [5.74, 6) is 0.234. The van der Waals surface area contributed by atoms with E-state index in [1.807, 2.05) is 6.92 Å². The van der Waals surface area contributed by atoms with E-state index in [1.165, 1.54) is 0 Å². The smallest absolute Gasteiger partial charge is 0.120 e. The minimum atomic E-state index is -0.145. The molecule has 4 heteroatoms. The van der Waals surface area contributed by atoms with Crippen LogP contribution in [0.5, 0.6) is 5.75 Å². The van der Waals surface area contributed by atoms with Gasteiger partial charge in [-0.3, -0.25) is 0 Å². The standard InChI is InChI=1S/C12H16ClNO2/c1-8(14-12(7-15)4-5-12)10-6-9(13)2-3-11(10)16/h2-3,6,8,14-16H,4-5,7H2,1H3. The van der Waals surface area contributed by atoms with Gasteiger partial charge in [0.25, 0.3) is 0 Å². The number of hydrogen-bond donors (Lipinski definition) is 3. The van der Waals surface area contributed by atoms with Gasteiger partial charge in [0.2, 0.25) is 0 Å². The van der Waals surface area contributed by atoms with Crippen molar-refractivity contribution in [3.63, 3.8) is 0 Å². The second kappa shape index (κ2) is 4.24. The van der Waals surface area contributed by atoms with Crippen LogP contribution in [0.4, 0.5) is 0 Å². The predicted octanol–water partition coefficient (Wildman–Crippen LogP) is 2.22. The summed E-state index contributed by atoms with van der Waals surface area (Å²) >= 11 is 5.89. The Bertz CT molecular complexity index is 391. The van der Waals surface area contributed by atoms with Gasteiger partial charge in [0.15, 0.2) is 0 Å². The van der Waals surface area contributed by atoms with E-state index >= 15 is 0 Å². The van der Waals surface area contributed by atoms with Crippen LogP contribution in [-0.2, 0) is 0 Å². The molecule has 0 amide bonds. The van der Waals surface area contributed by atoms with Crippen molar-refractivity contribution in [3.8, 4) is 5.75 Å². The highest BCUT2D eigenvalue weighted by Gasteiger charge is 2.42. The Balaban J connectivity index is 2.14. The molecule has 1 fully saturated rings. The zero-order valence-electron chi connectivity index (χ0n) is 9.20. The molecule has 0 aromatic heterocycles. The van der Waals surface area contributed by atoms with Gasteiger partial charge in [0.1, 0.15) is 5.75 Å². The lowest BCUT2D eigenvalue weighted by atomic mass is 10.1. The van der Waals surface area contributed by atoms with Crippen LogP contribution in [-0.4, -0.2) is 22.4 Å². The fourth-order valence-electron chi connectivity index (χ4n) is 1.91. The minimum Gasteiger partial charge on any atom is -0.508 e. The van der Waals surface area contributed by atoms with Gasteiger partial charge in [-0.2, -0.15) is 0 Å². The van der Waals surface area contributed by atoms with E-state index in [4.69, 9.17) is 11.6 Å². The molecular formula is C12H16ClNO2. The summed E-state index contributed by atoms with van der Waals surface area (Å²) in [6.45, 7) is 2.10. The molecule has 16 heavy (non-hydrogen) atoms. The van der Waals surface area contributed by atoms with Gasteiger partial charge in [0, 0.05) is 22.2 Å². The fourth-order valence-corrected chi connectivity index (χ4v) is 2.09. The van der Waals surface area contributed by atoms with Crippen molar-refractivity contribution in [2.75, 3.05) is 6.61 Å². The van der Waals surface area contributed by atoms with Gasteiger partial charge in [0.05, 0.1) is 6.61 Å². The molecule has 1 aliphatic rings. The second-order valence-corrected chi connectivity index (χ2v) is 4.94. The molecule has 3 nitrogen and oxygen atoms in total. The van der Waals surface area contributed by atoms with E-state index in [0.29, 0.717) is 5.02 Å². The lowest BCUT2D eigenvalue weighted by Crippen LogP contribution is -2.36. The van der Waals surface area contributed by atoms with E-state index in [2.05, 4.69) is 5.32 Å². The molecule has 2 rings (SSSR count). The Hall–Kier alpha value is -0.770. The summed E-state index contributed by atoms with van der Waals surface area (Å²) in [5, 5.41) is 22.9. The van der Waals surface area contributed by atoms with Crippen molar-refractivity contribution in [1.82, 2.24) is 5.32 Å². The topological polar surface area (TPSA) is 52.5 Å². The molecule has 1 aromatic rings. The lowest BCUT2D eigenvalue weighted by molar-refractivity contribution is 0.220. The maximum atomic E-state index is 9.73. The van der Waals surface area contributed by atoms with Gasteiger partial charge >= 0.3 is 0 Å². The van der Waals surface area contributed by atoms with Crippen LogP contribution in [0, 0.1) is 0 Å². The monoisotopic (exact) mass is 241 g/mol. The average molecular weight is 242 g/mol. The first-order chi connectivity index (χ1) is 7.56. The first kappa shape index (κ1) is 11.7. The third-order valence-corrected chi connectivity index (χ3v) is 3.37. The van der Waals surface area contributed by atoms with Gasteiger partial charge in [-0.05, 0) is 38.0 Å². The van der Waals surface area contributed by atoms with Crippen molar-refractivity contribution in [2.45, 2.75) is 31.3 Å². The van der Waals surface area contributed by atoms with Crippen molar-refractivity contribution in [3.05, 3.63) is 28.8 Å². The number of hydrogen-bond acceptors (Lipinski definition) is 3. The Morgan fingerprint density at radius 2 is 2.19 bits per heavy atom. The third-order valence-electron chi connectivity index (χ3n) is 3.13. The molecule has 0 saturated heterocycles. The predicted molar refractivity (Wildman–Crippen MR) is 63.7 cm³/mol. The summed E-state index contributed by atoms with van der Waals surface area (Å²) < 4.78 is 0. The van der Waals surface area contributed by atoms with Gasteiger partial charge in [-0.25, -0.2) is 0 Å². The SMILES string of the molecule is CC(NC1(CO)CC1)c1cc(Cl)ccc1O. The first-order valence-corrected chi connectivity index (χ1v) is 5.81. The van der Waals surface area contributed by atoms with Crippen LogP contribution < -0.4 is 5.32 Å². The van der Waals surface area contributed by atoms with Crippen molar-refractivity contribution >= 4 is 11.6 Å². The summed E-state index contributed by atoms with van der Waals surface area (Å²) in [5.41, 5.74) is 0.626. The molecule has 1 unspecified atom stereocenters. The number of benzene rings is 1. The molecule has 0 spiro atoms. The highest BCUT2D eigenvalue weighted by Crippen LogP contribution is 2.38. The van der Waals surface area contributed by atoms with Gasteiger partial charge < -0.3 is 15.5 Å². The average Bonchev–Trinajstić information content (AvgIpc) is 3.02. The van der Waals surface area contributed by atoms with Crippen LogP contribution in [0.2, 0.25) is 5.02 Å². The van der Waals surface area contributed by atoms with Crippen LogP contribution in [0.15, 0.2) is 18.2 Å². The van der Waals surface area contributed by atoms with Crippen LogP contribution in [0.3, 0.4) is 0 Å². The number of rotatable bonds is 4. The van der Waals surface area contributed by atoms with E-state index in [1.54, 1.807) is 18.2 Å². The zero-order valence-corrected chi connectivity index (χ0v) is 9.96. The molecule has 0 heterocycles. The molecule has 0 radical (unpaired) electrons. The molecular weight excluding hydrogens is 226 g/mol. The first-order valence-electron chi connectivity index (χ1n) is 5.43. The molecule has 1 aromatic carbocycles. The molecule has 1 aliphatic carbocycles. The second-order valence-electron chi connectivity index (χ2n) is 4.51. The Morgan fingerprint density at radius 3 is 2.75 bits per heavy atom. The Labute approximate surface area is 100 Å². The largest absolute Gasteiger partial charge is 0.508 e. The molecule has 0 bridgehead atoms. The lowest BCUT2D eigenvalue weighted by Gasteiger charge is -2.22. The van der Waals surface area contributed by atoms with Crippen LogP contribution >= 0.6 is 11.6 Å². The number of aromatic hydroxyl groups is 1. The molecule has 88 valence electrons. The fraction of sp³-hybridized carbons (Fsp3) is 0.500. The van der Waals surface area contributed by atoms with E-state index in [0.717, 1.165) is 18.4 Å². The quantitative estimate of drug-likeness (QED) is 0.758. The van der Waals surface area contributed by atoms with E-state index in [-0.39, 0.29) is 23.9 Å². The Kier molecular flexibility index (Phi) is 3.10. The summed E-state index contributed by atoms with van der Waals surface area (Å²) in [6, 6.07) is 4.98. The Morgan fingerprint density at radius 1 is 1.50 bits per heavy atom. The summed E-state index contributed by atoms with van der Waals surface area (Å²) in [7, 11) is 0. The number of aliphatic hydroxyl groups excluding tert-OH is 1. The molecule has 1 atom stereocenters. The number of phenolic OH excluding ortho intramolecular Hbond substituents is 1. The number of nitrogens with one attached hydrogen (secondary N) is 1. The summed E-state index contributed by atoms with van der Waals surface area (Å²) in [4.78, 5) is 0. The number of aliphatic hydroxyl groups is 1. The van der Waals surface area contributed by atoms with Crippen LogP contribution in [0.25, 0.3) is 0 Å². The third kappa shape index (κ3) is 2.32. The normalized spacial score (nSPS) is 19.4. The molecule has 1 saturated carbocycles. The van der Waals surface area contributed by atoms with Crippen molar-refractivity contribution < 1.29 is 10.2 Å². The van der Waals surface area contributed by atoms with Crippen LogP contribution in [0.1, 0.15) is 31.4 Å². The zero-order chi connectivity index (χ0) is 11.8. The van der Waals surface area contributed by atoms with Gasteiger partial charge in [-0.15, -0.1) is 0 Å². The number of phenols is 1. The van der Waals surface area contributed by atoms with E-state index in [9.17, 15) is 10.2 Å². The van der Waals surface area contributed by atoms with Gasteiger partial charge in [-0.1, -0.05) is 11.6 Å². The number of halogens is 1. The van der Waals surface area contributed by atoms with Crippen molar-refractivity contribution in [1.29, 1.82) is 0 Å². The van der Waals surface area contributed by atoms with E-state index < -0.39 is 0 Å².